The van der Waals surface area contributed by atoms with Gasteiger partial charge in [0.15, 0.2) is 6.61 Å². The second-order valence-electron chi connectivity index (χ2n) is 8.50. The van der Waals surface area contributed by atoms with Crippen LogP contribution >= 0.6 is 0 Å². The van der Waals surface area contributed by atoms with Gasteiger partial charge in [0, 0.05) is 0 Å². The van der Waals surface area contributed by atoms with Crippen molar-refractivity contribution in [3.8, 4) is 17.2 Å². The molecule has 0 saturated heterocycles. The Morgan fingerprint density at radius 2 is 1.60 bits per heavy atom. The summed E-state index contributed by atoms with van der Waals surface area (Å²) in [5.41, 5.74) is 3.89. The van der Waals surface area contributed by atoms with E-state index in [2.05, 4.69) is 15.8 Å². The van der Waals surface area contributed by atoms with E-state index in [-0.39, 0.29) is 12.5 Å². The van der Waals surface area contributed by atoms with Crippen LogP contribution in [0.3, 0.4) is 0 Å². The number of rotatable bonds is 13. The van der Waals surface area contributed by atoms with Crippen molar-refractivity contribution in [3.05, 3.63) is 78.4 Å². The van der Waals surface area contributed by atoms with Crippen LogP contribution in [0.5, 0.6) is 17.2 Å². The van der Waals surface area contributed by atoms with Crippen LogP contribution in [-0.4, -0.2) is 59.1 Å². The normalized spacial score (nSPS) is 11.9. The number of sulfonamides is 1. The quantitative estimate of drug-likeness (QED) is 0.238. The SMILES string of the molecule is CCOc1ccc(N(C(C)C(=O)N/N=C/c2ccc(OCC(=O)Nc3ccccc3OC)cc2)S(C)(=O)=O)cc1. The van der Waals surface area contributed by atoms with E-state index < -0.39 is 22.0 Å². The Balaban J connectivity index is 1.54. The van der Waals surface area contributed by atoms with E-state index in [0.717, 1.165) is 10.6 Å². The monoisotopic (exact) mass is 568 g/mol. The van der Waals surface area contributed by atoms with Crippen molar-refractivity contribution >= 4 is 39.4 Å². The first kappa shape index (κ1) is 30.0. The number of ether oxygens (including phenoxy) is 3. The Morgan fingerprint density at radius 1 is 0.975 bits per heavy atom. The van der Waals surface area contributed by atoms with E-state index in [9.17, 15) is 18.0 Å². The molecular formula is C28H32N4O7S. The second-order valence-corrected chi connectivity index (χ2v) is 10.4. The van der Waals surface area contributed by atoms with Crippen LogP contribution in [0.1, 0.15) is 19.4 Å². The van der Waals surface area contributed by atoms with Gasteiger partial charge in [0.25, 0.3) is 11.8 Å². The fraction of sp³-hybridized carbons (Fsp3) is 0.250. The minimum atomic E-state index is -3.77. The summed E-state index contributed by atoms with van der Waals surface area (Å²) in [6.45, 7) is 3.59. The molecule has 1 unspecified atom stereocenters. The van der Waals surface area contributed by atoms with E-state index in [1.165, 1.54) is 20.2 Å². The molecule has 0 aliphatic carbocycles. The highest BCUT2D eigenvalue weighted by Gasteiger charge is 2.29. The minimum Gasteiger partial charge on any atom is -0.495 e. The molecule has 12 heteroatoms. The second kappa shape index (κ2) is 14.0. The van der Waals surface area contributed by atoms with Crippen molar-refractivity contribution in [2.24, 2.45) is 5.10 Å². The summed E-state index contributed by atoms with van der Waals surface area (Å²) < 4.78 is 42.1. The highest BCUT2D eigenvalue weighted by atomic mass is 32.2. The number of amides is 2. The highest BCUT2D eigenvalue weighted by Crippen LogP contribution is 2.24. The lowest BCUT2D eigenvalue weighted by Crippen LogP contribution is -2.46. The van der Waals surface area contributed by atoms with Crippen LogP contribution in [0, 0.1) is 0 Å². The molecule has 0 aromatic heterocycles. The van der Waals surface area contributed by atoms with Crippen molar-refractivity contribution in [1.29, 1.82) is 0 Å². The van der Waals surface area contributed by atoms with Crippen molar-refractivity contribution in [2.45, 2.75) is 19.9 Å². The van der Waals surface area contributed by atoms with Crippen LogP contribution in [0.2, 0.25) is 0 Å². The third-order valence-corrected chi connectivity index (χ3v) is 6.75. The van der Waals surface area contributed by atoms with Gasteiger partial charge < -0.3 is 19.5 Å². The molecule has 0 radical (unpaired) electrons. The molecule has 40 heavy (non-hydrogen) atoms. The molecular weight excluding hydrogens is 536 g/mol. The number of nitrogens with one attached hydrogen (secondary N) is 2. The molecule has 0 heterocycles. The minimum absolute atomic E-state index is 0.204. The zero-order valence-corrected chi connectivity index (χ0v) is 23.5. The average Bonchev–Trinajstić information content (AvgIpc) is 2.93. The lowest BCUT2D eigenvalue weighted by Gasteiger charge is -2.27. The van der Waals surface area contributed by atoms with Gasteiger partial charge in [-0.05, 0) is 80.1 Å². The van der Waals surface area contributed by atoms with Gasteiger partial charge in [0.2, 0.25) is 10.0 Å². The molecule has 0 fully saturated rings. The molecule has 3 rings (SSSR count). The molecule has 0 aliphatic heterocycles. The van der Waals surface area contributed by atoms with Gasteiger partial charge in [-0.15, -0.1) is 0 Å². The van der Waals surface area contributed by atoms with Crippen molar-refractivity contribution in [1.82, 2.24) is 5.43 Å². The highest BCUT2D eigenvalue weighted by molar-refractivity contribution is 7.92. The standard InChI is InChI=1S/C28H32N4O7S/c1-5-38-23-16-12-22(13-17-23)32(40(4,35)36)20(2)28(34)31-29-18-21-10-14-24(15-11-21)39-19-27(33)30-25-8-6-7-9-26(25)37-3/h6-18,20H,5,19H2,1-4H3,(H,30,33)(H,31,34)/b29-18+. The third kappa shape index (κ3) is 8.46. The molecule has 0 aliphatic rings. The zero-order valence-electron chi connectivity index (χ0n) is 22.7. The zero-order chi connectivity index (χ0) is 29.1. The first-order valence-corrected chi connectivity index (χ1v) is 14.2. The van der Waals surface area contributed by atoms with E-state index in [1.807, 2.05) is 6.92 Å². The maximum Gasteiger partial charge on any atom is 0.263 e. The molecule has 2 amide bonds. The lowest BCUT2D eigenvalue weighted by atomic mass is 10.2. The number of carbonyl (C=O) groups excluding carboxylic acids is 2. The fourth-order valence-corrected chi connectivity index (χ4v) is 4.84. The van der Waals surface area contributed by atoms with Crippen LogP contribution in [0.4, 0.5) is 11.4 Å². The molecule has 0 saturated carbocycles. The number of carbonyl (C=O) groups is 2. The number of para-hydroxylation sites is 2. The molecule has 212 valence electrons. The number of methoxy groups -OCH3 is 1. The largest absolute Gasteiger partial charge is 0.495 e. The van der Waals surface area contributed by atoms with Gasteiger partial charge in [-0.2, -0.15) is 5.10 Å². The van der Waals surface area contributed by atoms with Gasteiger partial charge in [0.1, 0.15) is 23.3 Å². The van der Waals surface area contributed by atoms with Crippen LogP contribution in [0.15, 0.2) is 77.9 Å². The number of hydrogen-bond donors (Lipinski definition) is 2. The van der Waals surface area contributed by atoms with Gasteiger partial charge in [-0.1, -0.05) is 12.1 Å². The topological polar surface area (TPSA) is 136 Å². The third-order valence-electron chi connectivity index (χ3n) is 5.51. The number of anilines is 2. The van der Waals surface area contributed by atoms with Crippen LogP contribution < -0.4 is 29.3 Å². The van der Waals surface area contributed by atoms with E-state index in [1.54, 1.807) is 72.8 Å². The van der Waals surface area contributed by atoms with E-state index >= 15 is 0 Å². The summed E-state index contributed by atoms with van der Waals surface area (Å²) in [4.78, 5) is 24.9. The summed E-state index contributed by atoms with van der Waals surface area (Å²) in [6.07, 6.45) is 2.44. The Kier molecular flexibility index (Phi) is 10.5. The summed E-state index contributed by atoms with van der Waals surface area (Å²) in [7, 11) is -2.25. The molecule has 11 nitrogen and oxygen atoms in total. The first-order chi connectivity index (χ1) is 19.1. The van der Waals surface area contributed by atoms with Crippen molar-refractivity contribution in [3.63, 3.8) is 0 Å². The Labute approximate surface area is 233 Å². The molecule has 2 N–H and O–H groups in total. The molecule has 3 aromatic rings. The molecule has 0 bridgehead atoms. The Hall–Kier alpha value is -4.58. The molecule has 0 spiro atoms. The first-order valence-electron chi connectivity index (χ1n) is 12.3. The number of hydrogen-bond acceptors (Lipinski definition) is 8. The summed E-state index contributed by atoms with van der Waals surface area (Å²) in [5, 5.41) is 6.67. The Morgan fingerprint density at radius 3 is 2.23 bits per heavy atom. The molecule has 3 aromatic carbocycles. The van der Waals surface area contributed by atoms with E-state index in [4.69, 9.17) is 14.2 Å². The predicted molar refractivity (Wildman–Crippen MR) is 154 cm³/mol. The van der Waals surface area contributed by atoms with Gasteiger partial charge in [0.05, 0.1) is 37.6 Å². The number of benzene rings is 3. The van der Waals surface area contributed by atoms with Gasteiger partial charge >= 0.3 is 0 Å². The Bertz CT molecular complexity index is 1430. The van der Waals surface area contributed by atoms with Crippen molar-refractivity contribution < 1.29 is 32.2 Å². The van der Waals surface area contributed by atoms with Crippen molar-refractivity contribution in [2.75, 3.05) is 36.2 Å². The number of hydrazone groups is 1. The van der Waals surface area contributed by atoms with Gasteiger partial charge in [-0.3, -0.25) is 13.9 Å². The summed E-state index contributed by atoms with van der Waals surface area (Å²) >= 11 is 0. The smallest absolute Gasteiger partial charge is 0.263 e. The van der Waals surface area contributed by atoms with E-state index in [0.29, 0.717) is 40.8 Å². The van der Waals surface area contributed by atoms with Crippen LogP contribution in [0.25, 0.3) is 0 Å². The lowest BCUT2D eigenvalue weighted by molar-refractivity contribution is -0.121. The average molecular weight is 569 g/mol. The maximum absolute atomic E-state index is 12.7. The molecule has 1 atom stereocenters. The predicted octanol–water partition coefficient (Wildman–Crippen LogP) is 3.42. The van der Waals surface area contributed by atoms with Gasteiger partial charge in [-0.25, -0.2) is 13.8 Å². The maximum atomic E-state index is 12.7. The fourth-order valence-electron chi connectivity index (χ4n) is 3.66. The van der Waals surface area contributed by atoms with Crippen LogP contribution in [-0.2, 0) is 19.6 Å². The summed E-state index contributed by atoms with van der Waals surface area (Å²) in [5.74, 6) is 0.635. The number of nitrogens with zero attached hydrogens (tertiary/aromatic N) is 2. The summed E-state index contributed by atoms with van der Waals surface area (Å²) in [6, 6.07) is 19.1.